The number of fused-ring (bicyclic) bond motifs is 2. The third-order valence-corrected chi connectivity index (χ3v) is 12.0. The van der Waals surface area contributed by atoms with Gasteiger partial charge in [0.2, 0.25) is 0 Å². The van der Waals surface area contributed by atoms with Crippen LogP contribution in [0.2, 0.25) is 0 Å². The Bertz CT molecular complexity index is 2640. The van der Waals surface area contributed by atoms with E-state index < -0.39 is 5.60 Å². The number of anilines is 2. The van der Waals surface area contributed by atoms with Crippen LogP contribution < -0.4 is 15.1 Å². The molecule has 0 spiro atoms. The van der Waals surface area contributed by atoms with Gasteiger partial charge in [-0.05, 0) is 117 Å². The van der Waals surface area contributed by atoms with Gasteiger partial charge in [0.15, 0.2) is 11.3 Å². The van der Waals surface area contributed by atoms with Crippen molar-refractivity contribution < 1.29 is 14.6 Å². The van der Waals surface area contributed by atoms with Crippen LogP contribution in [0.5, 0.6) is 0 Å². The molecule has 2 saturated heterocycles. The maximum absolute atomic E-state index is 12.5. The highest BCUT2D eigenvalue weighted by Gasteiger charge is 2.34. The second-order valence-electron chi connectivity index (χ2n) is 17.5. The Labute approximate surface area is 371 Å². The summed E-state index contributed by atoms with van der Waals surface area (Å²) >= 11 is 3.46. The second-order valence-corrected chi connectivity index (χ2v) is 18.3. The smallest absolute Gasteiger partial charge is 0.410 e. The van der Waals surface area contributed by atoms with Crippen molar-refractivity contribution in [2.75, 3.05) is 36.0 Å². The number of hydrogen-bond donors (Lipinski definition) is 2. The molecular weight excluding hydrogens is 844 g/mol. The van der Waals surface area contributed by atoms with E-state index in [-0.39, 0.29) is 24.8 Å². The molecule has 2 N–H and O–H groups in total. The number of hydrogen-bond acceptors (Lipinski definition) is 10. The van der Waals surface area contributed by atoms with Gasteiger partial charge in [-0.15, -0.1) is 0 Å². The number of ether oxygens (including phenoxy) is 1. The highest BCUT2D eigenvalue weighted by atomic mass is 79.9. The molecule has 3 aromatic carbocycles. The van der Waals surface area contributed by atoms with Gasteiger partial charge in [0.25, 0.3) is 0 Å². The molecule has 9 rings (SSSR count). The summed E-state index contributed by atoms with van der Waals surface area (Å²) in [4.78, 5) is 28.4. The number of carbonyl (C=O) groups excluding carboxylic acids is 1. The average molecular weight is 900 g/mol. The van der Waals surface area contributed by atoms with Gasteiger partial charge in [-0.25, -0.2) is 23.8 Å². The molecule has 0 saturated carbocycles. The van der Waals surface area contributed by atoms with Gasteiger partial charge in [-0.2, -0.15) is 10.2 Å². The predicted molar refractivity (Wildman–Crippen MR) is 249 cm³/mol. The van der Waals surface area contributed by atoms with Gasteiger partial charge in [0.1, 0.15) is 5.60 Å². The number of piperazine rings is 2. The Morgan fingerprint density at radius 1 is 0.710 bits per heavy atom. The highest BCUT2D eigenvalue weighted by Crippen LogP contribution is 2.31. The van der Waals surface area contributed by atoms with Gasteiger partial charge in [-0.3, -0.25) is 0 Å². The molecule has 7 aromatic rings. The summed E-state index contributed by atoms with van der Waals surface area (Å²) in [5.41, 5.74) is 10.6. The van der Waals surface area contributed by atoms with Crippen LogP contribution in [0.15, 0.2) is 114 Å². The lowest BCUT2D eigenvalue weighted by atomic mass is 10.0. The molecule has 14 heteroatoms. The lowest BCUT2D eigenvalue weighted by Gasteiger charge is -2.45. The number of benzene rings is 3. The molecule has 0 aliphatic carbocycles. The van der Waals surface area contributed by atoms with Crippen LogP contribution in [-0.2, 0) is 11.3 Å². The van der Waals surface area contributed by atoms with Crippen LogP contribution >= 0.6 is 15.9 Å². The van der Waals surface area contributed by atoms with Gasteiger partial charge < -0.3 is 29.9 Å². The van der Waals surface area contributed by atoms with Crippen molar-refractivity contribution in [2.45, 2.75) is 84.8 Å². The first-order valence-corrected chi connectivity index (χ1v) is 22.0. The molecule has 0 unspecified atom stereocenters. The van der Waals surface area contributed by atoms with Gasteiger partial charge in [0, 0.05) is 103 Å². The number of rotatable bonds is 6. The number of nitrogens with zero attached hydrogens (tertiary/aromatic N) is 9. The maximum Gasteiger partial charge on any atom is 0.410 e. The zero-order chi connectivity index (χ0) is 43.7. The summed E-state index contributed by atoms with van der Waals surface area (Å²) in [7, 11) is 0. The van der Waals surface area contributed by atoms with E-state index in [2.05, 4.69) is 122 Å². The van der Waals surface area contributed by atoms with Crippen LogP contribution in [0.25, 0.3) is 44.7 Å². The summed E-state index contributed by atoms with van der Waals surface area (Å²) in [5.74, 6) is 0. The quantitative estimate of drug-likeness (QED) is 0.167. The molecule has 2 fully saturated rings. The largest absolute Gasteiger partial charge is 0.444 e. The van der Waals surface area contributed by atoms with Crippen LogP contribution in [0, 0.1) is 0 Å². The van der Waals surface area contributed by atoms with Crippen molar-refractivity contribution in [3.63, 3.8) is 0 Å². The molecule has 2 aliphatic heterocycles. The average Bonchev–Trinajstić information content (AvgIpc) is 3.86. The summed E-state index contributed by atoms with van der Waals surface area (Å²) in [6.07, 6.45) is 11.1. The molecule has 62 heavy (non-hydrogen) atoms. The molecule has 6 heterocycles. The maximum atomic E-state index is 12.5. The number of carbonyl (C=O) groups is 1. The third-order valence-electron chi connectivity index (χ3n) is 11.5. The number of nitrogens with one attached hydrogen (secondary N) is 1. The zero-order valence-corrected chi connectivity index (χ0v) is 38.0. The molecule has 1 amide bonds. The van der Waals surface area contributed by atoms with Gasteiger partial charge >= 0.3 is 6.09 Å². The standard InChI is InChI=1S/C25H27N5O.C23H28BrN5O2/c1-17-11-26-12-18(2)30(17)23-8-6-20(7-9-23)22-13-27-25-24(14-28-29(25)15-22)21-5-3-4-19(10-21)16-31;1-15-12-27(22(30)31-23(3,4)5)13-16(2)29(15)19-8-6-17(7-9-19)18-10-25-21-20(24)11-26-28(21)14-18/h3-10,13-15,17-18,26,31H,11-12,16H2,1-2H3;6-11,14-16H,12-13H2,1-5H3/t17-,18+;15-,16+. The highest BCUT2D eigenvalue weighted by molar-refractivity contribution is 9.10. The summed E-state index contributed by atoms with van der Waals surface area (Å²) in [5, 5.41) is 21.8. The number of aliphatic hydroxyl groups excluding tert-OH is 1. The topological polar surface area (TPSA) is 129 Å². The molecule has 2 aliphatic rings. The lowest BCUT2D eigenvalue weighted by molar-refractivity contribution is 0.0193. The molecule has 4 atom stereocenters. The van der Waals surface area contributed by atoms with Crippen molar-refractivity contribution in [2.24, 2.45) is 0 Å². The van der Waals surface area contributed by atoms with E-state index in [0.717, 1.165) is 73.5 Å². The summed E-state index contributed by atoms with van der Waals surface area (Å²) < 4.78 is 10.0. The van der Waals surface area contributed by atoms with Crippen molar-refractivity contribution in [3.8, 4) is 33.4 Å². The van der Waals surface area contributed by atoms with Crippen LogP contribution in [0.3, 0.4) is 0 Å². The molecule has 0 bridgehead atoms. The molecular formula is C48H55BrN10O3. The first kappa shape index (κ1) is 42.8. The first-order chi connectivity index (χ1) is 29.8. The minimum atomic E-state index is -0.485. The fourth-order valence-corrected chi connectivity index (χ4v) is 9.04. The van der Waals surface area contributed by atoms with E-state index in [0.29, 0.717) is 25.2 Å². The fourth-order valence-electron chi connectivity index (χ4n) is 8.66. The van der Waals surface area contributed by atoms with Crippen molar-refractivity contribution in [1.29, 1.82) is 0 Å². The van der Waals surface area contributed by atoms with Gasteiger partial charge in [-0.1, -0.05) is 42.5 Å². The minimum absolute atomic E-state index is 0.0200. The molecule has 0 radical (unpaired) electrons. The zero-order valence-electron chi connectivity index (χ0n) is 36.4. The van der Waals surface area contributed by atoms with Crippen LogP contribution in [-0.4, -0.2) is 101 Å². The van der Waals surface area contributed by atoms with E-state index in [4.69, 9.17) is 9.72 Å². The Morgan fingerprint density at radius 2 is 1.24 bits per heavy atom. The van der Waals surface area contributed by atoms with E-state index >= 15 is 0 Å². The van der Waals surface area contributed by atoms with E-state index in [1.807, 2.05) is 85.4 Å². The van der Waals surface area contributed by atoms with E-state index in [1.54, 1.807) is 10.7 Å². The van der Waals surface area contributed by atoms with E-state index in [1.165, 1.54) is 5.69 Å². The first-order valence-electron chi connectivity index (χ1n) is 21.2. The molecule has 4 aromatic heterocycles. The number of amides is 1. The second kappa shape index (κ2) is 17.9. The Kier molecular flexibility index (Phi) is 12.4. The summed E-state index contributed by atoms with van der Waals surface area (Å²) in [6, 6.07) is 26.4. The normalized spacial score (nSPS) is 19.4. The van der Waals surface area contributed by atoms with Gasteiger partial charge in [0.05, 0.1) is 23.5 Å². The lowest BCUT2D eigenvalue weighted by Crippen LogP contribution is -2.58. The van der Waals surface area contributed by atoms with Crippen LogP contribution in [0.1, 0.15) is 54.0 Å². The SMILES string of the molecule is C[C@@H]1CN(C(=O)OC(C)(C)C)C[C@H](C)N1c1ccc(-c2cnc3c(Br)cnn3c2)cc1.C[C@@H]1CNC[C@H](C)N1c1ccc(-c2cnc3c(-c4cccc(CO)c4)cnn3c2)cc1. The summed E-state index contributed by atoms with van der Waals surface area (Å²) in [6.45, 7) is 17.8. The number of aliphatic hydroxyl groups is 1. The number of aromatic nitrogens is 6. The van der Waals surface area contributed by atoms with Crippen molar-refractivity contribution >= 4 is 44.7 Å². The molecule has 322 valence electrons. The third kappa shape index (κ3) is 9.18. The monoisotopic (exact) mass is 898 g/mol. The minimum Gasteiger partial charge on any atom is -0.444 e. The predicted octanol–water partition coefficient (Wildman–Crippen LogP) is 8.74. The molecule has 13 nitrogen and oxygen atoms in total. The Morgan fingerprint density at radius 3 is 1.81 bits per heavy atom. The van der Waals surface area contributed by atoms with Crippen molar-refractivity contribution in [1.82, 2.24) is 39.4 Å². The van der Waals surface area contributed by atoms with Crippen LogP contribution in [0.4, 0.5) is 16.2 Å². The van der Waals surface area contributed by atoms with E-state index in [9.17, 15) is 9.90 Å². The Hall–Kier alpha value is -5.83. The fraction of sp³-hybridized carbons (Fsp3) is 0.354. The number of halogens is 1. The van der Waals surface area contributed by atoms with Crippen molar-refractivity contribution in [3.05, 3.63) is 120 Å². The Balaban J connectivity index is 0.000000171.